The van der Waals surface area contributed by atoms with Gasteiger partial charge in [0.25, 0.3) is 0 Å². The molecule has 0 radical (unpaired) electrons. The number of aliphatic hydroxyl groups excluding tert-OH is 1. The van der Waals surface area contributed by atoms with Crippen LogP contribution in [0.4, 0.5) is 10.5 Å². The summed E-state index contributed by atoms with van der Waals surface area (Å²) in [5, 5.41) is 24.8. The Morgan fingerprint density at radius 3 is 2.14 bits per heavy atom. The van der Waals surface area contributed by atoms with E-state index < -0.39 is 83.0 Å². The van der Waals surface area contributed by atoms with E-state index in [2.05, 4.69) is 31.6 Å². The Bertz CT molecular complexity index is 2800. The number of primary amides is 1. The zero-order valence-corrected chi connectivity index (χ0v) is 45.1. The summed E-state index contributed by atoms with van der Waals surface area (Å²) in [6.45, 7) is 12.9. The molecule has 7 rings (SSSR count). The highest BCUT2D eigenvalue weighted by Gasteiger charge is 2.46. The highest BCUT2D eigenvalue weighted by molar-refractivity contribution is 7.13. The average Bonchev–Trinajstić information content (AvgIpc) is 4.08. The molecule has 8 N–H and O–H groups in total. The monoisotopic (exact) mass is 1060 g/mol. The van der Waals surface area contributed by atoms with E-state index in [1.807, 2.05) is 94.4 Å². The third-order valence-corrected chi connectivity index (χ3v) is 14.8. The van der Waals surface area contributed by atoms with Crippen LogP contribution in [0.3, 0.4) is 0 Å². The maximum absolute atomic E-state index is 14.1. The predicted octanol–water partition coefficient (Wildman–Crippen LogP) is 4.41. The Morgan fingerprint density at radius 2 is 1.50 bits per heavy atom. The summed E-state index contributed by atoms with van der Waals surface area (Å²) >= 11 is 1.56. The van der Waals surface area contributed by atoms with Gasteiger partial charge in [0.1, 0.15) is 35.8 Å². The van der Waals surface area contributed by atoms with Crippen molar-refractivity contribution in [1.29, 1.82) is 0 Å². The summed E-state index contributed by atoms with van der Waals surface area (Å²) in [5.41, 5.74) is 12.5. The number of para-hydroxylation sites is 1. The van der Waals surface area contributed by atoms with E-state index in [4.69, 9.17) is 10.5 Å². The van der Waals surface area contributed by atoms with Gasteiger partial charge in [-0.25, -0.2) is 9.78 Å². The molecule has 1 saturated heterocycles. The number of benzene rings is 3. The minimum atomic E-state index is -1.17. The molecule has 3 aliphatic heterocycles. The van der Waals surface area contributed by atoms with Crippen LogP contribution in [0.2, 0.25) is 0 Å². The van der Waals surface area contributed by atoms with Crippen molar-refractivity contribution >= 4 is 64.5 Å². The van der Waals surface area contributed by atoms with Crippen LogP contribution < -0.4 is 37.2 Å². The number of anilines is 1. The lowest BCUT2D eigenvalue weighted by atomic mass is 9.85. The number of nitrogens with one attached hydrogen (secondary N) is 5. The second-order valence-corrected chi connectivity index (χ2v) is 22.8. The van der Waals surface area contributed by atoms with Crippen molar-refractivity contribution in [2.75, 3.05) is 11.4 Å². The largest absolute Gasteiger partial charge is 0.444 e. The van der Waals surface area contributed by atoms with Crippen molar-refractivity contribution < 1.29 is 48.2 Å². The first-order valence-electron chi connectivity index (χ1n) is 25.9. The van der Waals surface area contributed by atoms with E-state index in [1.165, 1.54) is 9.80 Å². The fourth-order valence-corrected chi connectivity index (χ4v) is 10.7. The van der Waals surface area contributed by atoms with E-state index in [-0.39, 0.29) is 70.0 Å². The van der Waals surface area contributed by atoms with Gasteiger partial charge in [-0.2, -0.15) is 0 Å². The first-order chi connectivity index (χ1) is 35.9. The molecule has 6 atom stereocenters. The zero-order valence-electron chi connectivity index (χ0n) is 44.3. The standard InChI is InChI=1S/C56H71N9O10S/c1-32-47(76-31-60-32)37-20-18-35(19-21-37)29-59-50(70)42-27-39(66)30-64(42)53(73)48(55(2,3)4)63-45(68)13-8-10-33-14-16-34(17-15-33)28-58-49(69)40(24-25-44(57)67)61-51(71)43-26-38-12-9-11-36-22-23-41(52(72)65(43)46(36)38)62-54(74)75-56(5,6)7/h9,11-12,14-21,31,39-43,48,66H,8,10,13,22-30H2,1-7H3,(H2,57,67)(H,58,69)(H,59,70)(H,61,71)(H,62,74)(H,63,68)/t39-,40+,41+,42?,43+,48-/m1/s1. The summed E-state index contributed by atoms with van der Waals surface area (Å²) in [7, 11) is 0. The van der Waals surface area contributed by atoms with Gasteiger partial charge in [-0.3, -0.25) is 38.5 Å². The van der Waals surface area contributed by atoms with E-state index in [0.717, 1.165) is 44.0 Å². The lowest BCUT2D eigenvalue weighted by Gasteiger charge is -2.35. The number of β-amino-alcohol motifs (C(OH)–C–C–N with tert-alkyl or cyclic N) is 1. The SMILES string of the molecule is Cc1ncsc1-c1ccc(CNC(=O)C2C[C@@H](O)CN2C(=O)[C@@H](NC(=O)CCCc2ccc(CNC(=O)[C@H](CCC(N)=O)NC(=O)[C@@H]3Cc4cccc5c4N3C(=O)[C@@H](NC(=O)OC(C)(C)C)CC5)cc2)C(C)(C)C)cc1. The number of likely N-dealkylation sites (tertiary alicyclic amines) is 1. The van der Waals surface area contributed by atoms with Crippen molar-refractivity contribution in [3.05, 3.63) is 106 Å². The van der Waals surface area contributed by atoms with Crippen LogP contribution in [0.5, 0.6) is 0 Å². The Kier molecular flexibility index (Phi) is 18.0. The molecular weight excluding hydrogens is 991 g/mol. The number of aliphatic hydroxyl groups is 1. The molecular formula is C56H71N9O10S. The number of hydrogen-bond donors (Lipinski definition) is 7. The molecule has 4 aromatic rings. The second-order valence-electron chi connectivity index (χ2n) is 22.0. The fourth-order valence-electron chi connectivity index (χ4n) is 9.85. The van der Waals surface area contributed by atoms with Gasteiger partial charge in [-0.1, -0.05) is 87.5 Å². The summed E-state index contributed by atoms with van der Waals surface area (Å²) in [6, 6.07) is 15.8. The number of nitrogens with two attached hydrogens (primary N) is 1. The Balaban J connectivity index is 0.895. The van der Waals surface area contributed by atoms with Crippen LogP contribution in [-0.4, -0.2) is 111 Å². The highest BCUT2D eigenvalue weighted by Crippen LogP contribution is 2.39. The number of hydrogen-bond acceptors (Lipinski definition) is 12. The van der Waals surface area contributed by atoms with Crippen molar-refractivity contribution in [2.24, 2.45) is 11.1 Å². The number of nitrogens with zero attached hydrogens (tertiary/aromatic N) is 3. The Labute approximate surface area is 447 Å². The Morgan fingerprint density at radius 1 is 0.842 bits per heavy atom. The predicted molar refractivity (Wildman–Crippen MR) is 286 cm³/mol. The number of alkyl carbamates (subject to hydrolysis) is 1. The van der Waals surface area contributed by atoms with Crippen molar-refractivity contribution in [3.63, 3.8) is 0 Å². The molecule has 76 heavy (non-hydrogen) atoms. The molecule has 1 fully saturated rings. The third kappa shape index (κ3) is 14.4. The van der Waals surface area contributed by atoms with Crippen LogP contribution >= 0.6 is 11.3 Å². The van der Waals surface area contributed by atoms with Gasteiger partial charge in [-0.15, -0.1) is 11.3 Å². The first kappa shape index (κ1) is 56.5. The molecule has 1 aromatic heterocycles. The molecule has 3 aromatic carbocycles. The van der Waals surface area contributed by atoms with Crippen molar-refractivity contribution in [1.82, 2.24) is 36.5 Å². The van der Waals surface area contributed by atoms with Gasteiger partial charge < -0.3 is 47.1 Å². The van der Waals surface area contributed by atoms with Gasteiger partial charge in [0.15, 0.2) is 0 Å². The number of carbonyl (C=O) groups is 8. The zero-order chi connectivity index (χ0) is 55.1. The smallest absolute Gasteiger partial charge is 0.408 e. The minimum Gasteiger partial charge on any atom is -0.444 e. The highest BCUT2D eigenvalue weighted by atomic mass is 32.1. The van der Waals surface area contributed by atoms with Crippen molar-refractivity contribution in [3.8, 4) is 10.4 Å². The maximum Gasteiger partial charge on any atom is 0.408 e. The van der Waals surface area contributed by atoms with Crippen LogP contribution in [0, 0.1) is 12.3 Å². The van der Waals surface area contributed by atoms with E-state index in [0.29, 0.717) is 24.9 Å². The second kappa shape index (κ2) is 24.2. The quantitative estimate of drug-likeness (QED) is 0.0691. The number of amides is 8. The lowest BCUT2D eigenvalue weighted by Crippen LogP contribution is -2.57. The topological polar surface area (TPSA) is 272 Å². The molecule has 19 nitrogen and oxygen atoms in total. The molecule has 406 valence electrons. The number of rotatable bonds is 19. The van der Waals surface area contributed by atoms with Gasteiger partial charge in [0.05, 0.1) is 27.9 Å². The average molecular weight is 1060 g/mol. The summed E-state index contributed by atoms with van der Waals surface area (Å²) in [4.78, 5) is 116. The molecule has 0 spiro atoms. The summed E-state index contributed by atoms with van der Waals surface area (Å²) in [6.07, 6.45) is 0.194. The number of ether oxygens (including phenoxy) is 1. The maximum atomic E-state index is 14.1. The molecule has 0 saturated carbocycles. The van der Waals surface area contributed by atoms with Crippen LogP contribution in [-0.2, 0) is 70.7 Å². The van der Waals surface area contributed by atoms with Crippen LogP contribution in [0.15, 0.2) is 72.2 Å². The number of thiazole rings is 1. The van der Waals surface area contributed by atoms with E-state index in [9.17, 15) is 43.5 Å². The molecule has 20 heteroatoms. The molecule has 3 aliphatic rings. The number of carbonyl (C=O) groups excluding carboxylic acids is 8. The fraction of sp³-hybridized carbons (Fsp3) is 0.482. The first-order valence-corrected chi connectivity index (χ1v) is 26.8. The third-order valence-electron chi connectivity index (χ3n) is 13.8. The van der Waals surface area contributed by atoms with Crippen molar-refractivity contribution in [2.45, 2.75) is 161 Å². The van der Waals surface area contributed by atoms with Crippen LogP contribution in [0.25, 0.3) is 10.4 Å². The molecule has 0 bridgehead atoms. The molecule has 4 heterocycles. The number of aromatic nitrogens is 1. The molecule has 0 aliphatic carbocycles. The van der Waals surface area contributed by atoms with Gasteiger partial charge in [0.2, 0.25) is 41.4 Å². The summed E-state index contributed by atoms with van der Waals surface area (Å²) in [5.74, 6) is -3.45. The van der Waals surface area contributed by atoms with Gasteiger partial charge in [-0.05, 0) is 98.6 Å². The van der Waals surface area contributed by atoms with Gasteiger partial charge >= 0.3 is 6.09 Å². The molecule has 1 unspecified atom stereocenters. The van der Waals surface area contributed by atoms with Gasteiger partial charge in [0, 0.05) is 45.3 Å². The van der Waals surface area contributed by atoms with E-state index in [1.54, 1.807) is 37.6 Å². The summed E-state index contributed by atoms with van der Waals surface area (Å²) < 4.78 is 5.42. The van der Waals surface area contributed by atoms with Crippen LogP contribution in [0.1, 0.15) is 114 Å². The number of aryl methyl sites for hydroxylation is 3. The molecule has 8 amide bonds. The van der Waals surface area contributed by atoms with E-state index >= 15 is 0 Å². The Hall–Kier alpha value is -7.19. The normalized spacial score (nSPS) is 18.9. The lowest BCUT2D eigenvalue weighted by molar-refractivity contribution is -0.144. The minimum absolute atomic E-state index is 0.0351.